The van der Waals surface area contributed by atoms with E-state index >= 15 is 0 Å². The number of methoxy groups -OCH3 is 1. The summed E-state index contributed by atoms with van der Waals surface area (Å²) in [6.07, 6.45) is 5.62. The second kappa shape index (κ2) is 10.8. The van der Waals surface area contributed by atoms with Crippen LogP contribution < -0.4 is 15.0 Å². The quantitative estimate of drug-likeness (QED) is 0.424. The second-order valence-electron chi connectivity index (χ2n) is 9.48. The first kappa shape index (κ1) is 24.6. The number of ether oxygens (including phenoxy) is 1. The van der Waals surface area contributed by atoms with E-state index in [0.29, 0.717) is 34.2 Å². The molecule has 0 unspecified atom stereocenters. The predicted molar refractivity (Wildman–Crippen MR) is 137 cm³/mol. The fourth-order valence-electron chi connectivity index (χ4n) is 4.69. The molecule has 0 saturated heterocycles. The minimum absolute atomic E-state index is 0.124. The Balaban J connectivity index is 1.82. The maximum absolute atomic E-state index is 14.0. The van der Waals surface area contributed by atoms with E-state index in [-0.39, 0.29) is 17.9 Å². The minimum Gasteiger partial charge on any atom is -0.497 e. The van der Waals surface area contributed by atoms with Crippen LogP contribution in [0.25, 0.3) is 0 Å². The van der Waals surface area contributed by atoms with Gasteiger partial charge in [0.1, 0.15) is 17.6 Å². The number of carbonyl (C=O) groups excluding carboxylic acids is 2. The van der Waals surface area contributed by atoms with Crippen molar-refractivity contribution in [3.05, 3.63) is 83.3 Å². The maximum atomic E-state index is 14.0. The predicted octanol–water partition coefficient (Wildman–Crippen LogP) is 6.17. The lowest BCUT2D eigenvalue weighted by molar-refractivity contribution is -0.123. The molecule has 1 heterocycles. The van der Waals surface area contributed by atoms with Crippen molar-refractivity contribution in [3.63, 3.8) is 0 Å². The molecule has 1 aliphatic rings. The van der Waals surface area contributed by atoms with Crippen LogP contribution in [0.5, 0.6) is 5.75 Å². The van der Waals surface area contributed by atoms with Crippen LogP contribution in [0.2, 0.25) is 0 Å². The number of anilines is 1. The molecule has 1 fully saturated rings. The number of amides is 2. The van der Waals surface area contributed by atoms with Crippen LogP contribution in [0.1, 0.15) is 78.7 Å². The molecule has 1 atom stereocenters. The first-order valence-electron chi connectivity index (χ1n) is 12.3. The van der Waals surface area contributed by atoms with Crippen molar-refractivity contribution in [2.75, 3.05) is 12.0 Å². The van der Waals surface area contributed by atoms with Crippen molar-refractivity contribution in [1.29, 1.82) is 0 Å². The molecule has 4 rings (SSSR count). The first-order chi connectivity index (χ1) is 16.9. The molecule has 2 aromatic carbocycles. The Morgan fingerprint density at radius 3 is 2.14 bits per heavy atom. The van der Waals surface area contributed by atoms with Gasteiger partial charge in [0.2, 0.25) is 5.91 Å². The monoisotopic (exact) mass is 474 g/mol. The summed E-state index contributed by atoms with van der Waals surface area (Å²) in [5.41, 5.74) is 2.97. The number of rotatable bonds is 8. The van der Waals surface area contributed by atoms with Gasteiger partial charge in [0.05, 0.1) is 18.9 Å². The largest absolute Gasteiger partial charge is 0.497 e. The summed E-state index contributed by atoms with van der Waals surface area (Å²) < 4.78 is 10.8. The maximum Gasteiger partial charge on any atom is 0.262 e. The molecule has 0 radical (unpaired) electrons. The normalized spacial score (nSPS) is 14.7. The SMILES string of the molecule is COc1ccc([C@H](C(=O)NC2CCCC2)N(C(=O)c2ccoc2C)c2ccc(C(C)C)cc2)cc1. The fraction of sp³-hybridized carbons (Fsp3) is 0.379. The smallest absolute Gasteiger partial charge is 0.262 e. The van der Waals surface area contributed by atoms with Crippen LogP contribution in [-0.2, 0) is 4.79 Å². The summed E-state index contributed by atoms with van der Waals surface area (Å²) in [6, 6.07) is 16.1. The standard InChI is InChI=1S/C29H34N2O4/c1-19(2)21-9-13-24(14-10-21)31(29(33)26-17-18-35-20(26)3)27(22-11-15-25(34-4)16-12-22)28(32)30-23-7-5-6-8-23/h9-19,23,27H,5-8H2,1-4H3,(H,30,32)/t27-/m1/s1. The van der Waals surface area contributed by atoms with Gasteiger partial charge in [0.25, 0.3) is 5.91 Å². The average Bonchev–Trinajstić information content (AvgIpc) is 3.54. The molecule has 6 nitrogen and oxygen atoms in total. The molecule has 184 valence electrons. The van der Waals surface area contributed by atoms with Crippen LogP contribution in [0.4, 0.5) is 5.69 Å². The lowest BCUT2D eigenvalue weighted by atomic mass is 9.99. The van der Waals surface area contributed by atoms with Gasteiger partial charge in [-0.05, 0) is 67.1 Å². The van der Waals surface area contributed by atoms with Crippen molar-refractivity contribution in [3.8, 4) is 5.75 Å². The van der Waals surface area contributed by atoms with Crippen molar-refractivity contribution < 1.29 is 18.7 Å². The highest BCUT2D eigenvalue weighted by Crippen LogP contribution is 2.33. The highest BCUT2D eigenvalue weighted by Gasteiger charge is 2.35. The van der Waals surface area contributed by atoms with Crippen LogP contribution >= 0.6 is 0 Å². The molecule has 0 aliphatic heterocycles. The third-order valence-corrected chi connectivity index (χ3v) is 6.79. The van der Waals surface area contributed by atoms with Gasteiger partial charge in [0, 0.05) is 11.7 Å². The molecule has 1 aliphatic carbocycles. The number of nitrogens with zero attached hydrogens (tertiary/aromatic N) is 1. The molecular weight excluding hydrogens is 440 g/mol. The van der Waals surface area contributed by atoms with E-state index in [1.807, 2.05) is 48.5 Å². The Morgan fingerprint density at radius 1 is 0.971 bits per heavy atom. The Labute approximate surface area is 207 Å². The van der Waals surface area contributed by atoms with E-state index in [2.05, 4.69) is 19.2 Å². The van der Waals surface area contributed by atoms with E-state index in [1.165, 1.54) is 6.26 Å². The van der Waals surface area contributed by atoms with Gasteiger partial charge in [0.15, 0.2) is 0 Å². The highest BCUT2D eigenvalue weighted by molar-refractivity contribution is 6.10. The molecule has 6 heteroatoms. The molecular formula is C29H34N2O4. The highest BCUT2D eigenvalue weighted by atomic mass is 16.5. The van der Waals surface area contributed by atoms with Gasteiger partial charge in [-0.1, -0.05) is 51.0 Å². The van der Waals surface area contributed by atoms with E-state index in [0.717, 1.165) is 31.2 Å². The summed E-state index contributed by atoms with van der Waals surface area (Å²) in [7, 11) is 1.60. The van der Waals surface area contributed by atoms with Gasteiger partial charge >= 0.3 is 0 Å². The molecule has 2 amide bonds. The summed E-state index contributed by atoms with van der Waals surface area (Å²) in [4.78, 5) is 29.4. The number of hydrogen-bond donors (Lipinski definition) is 1. The van der Waals surface area contributed by atoms with Crippen LogP contribution in [-0.4, -0.2) is 25.0 Å². The van der Waals surface area contributed by atoms with Gasteiger partial charge in [-0.25, -0.2) is 0 Å². The Bertz CT molecular complexity index is 1140. The summed E-state index contributed by atoms with van der Waals surface area (Å²) in [6.45, 7) is 6.01. The molecule has 1 N–H and O–H groups in total. The van der Waals surface area contributed by atoms with Crippen molar-refractivity contribution in [1.82, 2.24) is 5.32 Å². The minimum atomic E-state index is -0.854. The lowest BCUT2D eigenvalue weighted by Gasteiger charge is -2.32. The summed E-state index contributed by atoms with van der Waals surface area (Å²) >= 11 is 0. The van der Waals surface area contributed by atoms with Crippen molar-refractivity contribution in [2.24, 2.45) is 0 Å². The van der Waals surface area contributed by atoms with E-state index in [4.69, 9.17) is 9.15 Å². The Morgan fingerprint density at radius 2 is 1.60 bits per heavy atom. The molecule has 1 aromatic heterocycles. The van der Waals surface area contributed by atoms with Gasteiger partial charge in [-0.2, -0.15) is 0 Å². The summed E-state index contributed by atoms with van der Waals surface area (Å²) in [5, 5.41) is 3.21. The third kappa shape index (κ3) is 5.42. The van der Waals surface area contributed by atoms with Gasteiger partial charge in [-0.3, -0.25) is 14.5 Å². The van der Waals surface area contributed by atoms with Crippen LogP contribution in [0.15, 0.2) is 65.3 Å². The van der Waals surface area contributed by atoms with Gasteiger partial charge < -0.3 is 14.5 Å². The topological polar surface area (TPSA) is 71.8 Å². The van der Waals surface area contributed by atoms with Crippen molar-refractivity contribution in [2.45, 2.75) is 64.5 Å². The zero-order valence-corrected chi connectivity index (χ0v) is 20.9. The number of aryl methyl sites for hydroxylation is 1. The second-order valence-corrected chi connectivity index (χ2v) is 9.48. The molecule has 1 saturated carbocycles. The van der Waals surface area contributed by atoms with Crippen LogP contribution in [0, 0.1) is 6.92 Å². The summed E-state index contributed by atoms with van der Waals surface area (Å²) in [5.74, 6) is 1.09. The zero-order valence-electron chi connectivity index (χ0n) is 20.9. The Kier molecular flexibility index (Phi) is 7.59. The molecule has 0 bridgehead atoms. The van der Waals surface area contributed by atoms with Crippen molar-refractivity contribution >= 4 is 17.5 Å². The number of furan rings is 1. The average molecular weight is 475 g/mol. The third-order valence-electron chi connectivity index (χ3n) is 6.79. The lowest BCUT2D eigenvalue weighted by Crippen LogP contribution is -2.46. The number of carbonyl (C=O) groups is 2. The van der Waals surface area contributed by atoms with E-state index in [9.17, 15) is 9.59 Å². The number of hydrogen-bond acceptors (Lipinski definition) is 4. The zero-order chi connectivity index (χ0) is 24.9. The number of benzene rings is 2. The van der Waals surface area contributed by atoms with Gasteiger partial charge in [-0.15, -0.1) is 0 Å². The molecule has 0 spiro atoms. The fourth-order valence-corrected chi connectivity index (χ4v) is 4.69. The van der Waals surface area contributed by atoms with E-state index in [1.54, 1.807) is 25.0 Å². The van der Waals surface area contributed by atoms with Crippen LogP contribution in [0.3, 0.4) is 0 Å². The number of nitrogens with one attached hydrogen (secondary N) is 1. The molecule has 3 aromatic rings. The Hall–Kier alpha value is -3.54. The van der Waals surface area contributed by atoms with E-state index < -0.39 is 6.04 Å². The molecule has 35 heavy (non-hydrogen) atoms. The first-order valence-corrected chi connectivity index (χ1v) is 12.3.